The molecule has 0 fully saturated rings. The lowest BCUT2D eigenvalue weighted by atomic mass is 10.1. The number of nitrogens with two attached hydrogens (primary N) is 1. The highest BCUT2D eigenvalue weighted by Gasteiger charge is 2.10. The minimum atomic E-state index is -0.489. The number of nitrogens with one attached hydrogen (secondary N) is 1. The van der Waals surface area contributed by atoms with E-state index in [1.807, 2.05) is 0 Å². The van der Waals surface area contributed by atoms with E-state index in [0.29, 0.717) is 16.9 Å². The van der Waals surface area contributed by atoms with Crippen LogP contribution in [0.4, 0.5) is 17.1 Å². The molecule has 0 aliphatic heterocycles. The summed E-state index contributed by atoms with van der Waals surface area (Å²) in [7, 11) is 0. The Hall–Kier alpha value is -2.89. The number of hydrogen-bond acceptors (Lipinski definition) is 4. The standard InChI is InChI=1S/C14H13N3O3/c15-12-6-1-2-7-13(12)16-14(18)9-10-4-3-5-11(8-10)17(19)20/h1-8H,9,15H2,(H,16,18). The Labute approximate surface area is 115 Å². The molecule has 0 aromatic heterocycles. The van der Waals surface area contributed by atoms with Gasteiger partial charge in [0.05, 0.1) is 22.7 Å². The number of non-ortho nitro benzene ring substituents is 1. The summed E-state index contributed by atoms with van der Waals surface area (Å²) in [6, 6.07) is 12.9. The Kier molecular flexibility index (Phi) is 3.95. The second kappa shape index (κ2) is 5.83. The van der Waals surface area contributed by atoms with E-state index in [2.05, 4.69) is 5.32 Å². The van der Waals surface area contributed by atoms with Gasteiger partial charge in [0.2, 0.25) is 5.91 Å². The Morgan fingerprint density at radius 3 is 2.65 bits per heavy atom. The molecule has 102 valence electrons. The highest BCUT2D eigenvalue weighted by atomic mass is 16.6. The first kappa shape index (κ1) is 13.5. The molecule has 0 atom stereocenters. The molecule has 3 N–H and O–H groups in total. The van der Waals surface area contributed by atoms with Crippen molar-refractivity contribution < 1.29 is 9.72 Å². The molecule has 6 nitrogen and oxygen atoms in total. The number of para-hydroxylation sites is 2. The van der Waals surface area contributed by atoms with Crippen LogP contribution >= 0.6 is 0 Å². The molecule has 0 bridgehead atoms. The van der Waals surface area contributed by atoms with Gasteiger partial charge in [0, 0.05) is 12.1 Å². The maximum absolute atomic E-state index is 11.9. The third-order valence-electron chi connectivity index (χ3n) is 2.72. The third kappa shape index (κ3) is 3.32. The van der Waals surface area contributed by atoms with E-state index in [1.165, 1.54) is 12.1 Å². The minimum absolute atomic E-state index is 0.0328. The SMILES string of the molecule is Nc1ccccc1NC(=O)Cc1cccc([N+](=O)[O-])c1. The first-order chi connectivity index (χ1) is 9.56. The van der Waals surface area contributed by atoms with Crippen molar-refractivity contribution in [1.29, 1.82) is 0 Å². The maximum Gasteiger partial charge on any atom is 0.269 e. The van der Waals surface area contributed by atoms with Gasteiger partial charge in [-0.25, -0.2) is 0 Å². The first-order valence-corrected chi connectivity index (χ1v) is 5.94. The van der Waals surface area contributed by atoms with E-state index in [9.17, 15) is 14.9 Å². The number of hydrogen-bond donors (Lipinski definition) is 2. The van der Waals surface area contributed by atoms with Crippen molar-refractivity contribution in [1.82, 2.24) is 0 Å². The fraction of sp³-hybridized carbons (Fsp3) is 0.0714. The summed E-state index contributed by atoms with van der Waals surface area (Å²) in [4.78, 5) is 22.1. The summed E-state index contributed by atoms with van der Waals surface area (Å²) in [6.07, 6.45) is 0.0516. The first-order valence-electron chi connectivity index (χ1n) is 5.94. The zero-order chi connectivity index (χ0) is 14.5. The quantitative estimate of drug-likeness (QED) is 0.506. The highest BCUT2D eigenvalue weighted by molar-refractivity contribution is 5.95. The van der Waals surface area contributed by atoms with Crippen molar-refractivity contribution in [2.75, 3.05) is 11.1 Å². The summed E-state index contributed by atoms with van der Waals surface area (Å²) >= 11 is 0. The van der Waals surface area contributed by atoms with Crippen molar-refractivity contribution in [2.24, 2.45) is 0 Å². The maximum atomic E-state index is 11.9. The van der Waals surface area contributed by atoms with E-state index < -0.39 is 4.92 Å². The molecule has 0 saturated carbocycles. The molecule has 0 aliphatic rings. The van der Waals surface area contributed by atoms with Gasteiger partial charge in [-0.3, -0.25) is 14.9 Å². The van der Waals surface area contributed by atoms with Crippen molar-refractivity contribution in [2.45, 2.75) is 6.42 Å². The van der Waals surface area contributed by atoms with E-state index in [4.69, 9.17) is 5.73 Å². The molecule has 2 aromatic rings. The number of nitrogens with zero attached hydrogens (tertiary/aromatic N) is 1. The van der Waals surface area contributed by atoms with Crippen molar-refractivity contribution >= 4 is 23.0 Å². The van der Waals surface area contributed by atoms with E-state index >= 15 is 0 Å². The van der Waals surface area contributed by atoms with Gasteiger partial charge < -0.3 is 11.1 Å². The third-order valence-corrected chi connectivity index (χ3v) is 2.72. The van der Waals surface area contributed by atoms with Gasteiger partial charge in [0.25, 0.3) is 5.69 Å². The lowest BCUT2D eigenvalue weighted by Gasteiger charge is -2.07. The average molecular weight is 271 g/mol. The lowest BCUT2D eigenvalue weighted by Crippen LogP contribution is -2.15. The van der Waals surface area contributed by atoms with Crippen LogP contribution in [-0.2, 0) is 11.2 Å². The predicted octanol–water partition coefficient (Wildman–Crippen LogP) is 2.36. The minimum Gasteiger partial charge on any atom is -0.397 e. The molecule has 2 rings (SSSR count). The van der Waals surface area contributed by atoms with Gasteiger partial charge in [-0.15, -0.1) is 0 Å². The number of carbonyl (C=O) groups excluding carboxylic acids is 1. The number of anilines is 2. The molecule has 0 heterocycles. The van der Waals surface area contributed by atoms with Gasteiger partial charge in [-0.05, 0) is 17.7 Å². The second-order valence-corrected chi connectivity index (χ2v) is 4.24. The normalized spacial score (nSPS) is 10.0. The topological polar surface area (TPSA) is 98.3 Å². The number of nitro groups is 1. The van der Waals surface area contributed by atoms with Crippen molar-refractivity contribution in [3.8, 4) is 0 Å². The number of carbonyl (C=O) groups is 1. The molecule has 20 heavy (non-hydrogen) atoms. The summed E-state index contributed by atoms with van der Waals surface area (Å²) in [5.41, 5.74) is 7.27. The monoisotopic (exact) mass is 271 g/mol. The Bertz CT molecular complexity index is 656. The average Bonchev–Trinajstić information content (AvgIpc) is 2.41. The van der Waals surface area contributed by atoms with Crippen LogP contribution in [0.3, 0.4) is 0 Å². The number of rotatable bonds is 4. The van der Waals surface area contributed by atoms with Crippen LogP contribution in [0.2, 0.25) is 0 Å². The molecule has 0 saturated heterocycles. The van der Waals surface area contributed by atoms with Crippen LogP contribution in [0.5, 0.6) is 0 Å². The van der Waals surface area contributed by atoms with Crippen molar-refractivity contribution in [3.63, 3.8) is 0 Å². The van der Waals surface area contributed by atoms with Crippen LogP contribution in [0.25, 0.3) is 0 Å². The summed E-state index contributed by atoms with van der Waals surface area (Å²) < 4.78 is 0. The van der Waals surface area contributed by atoms with Crippen LogP contribution in [0, 0.1) is 10.1 Å². The molecular formula is C14H13N3O3. The van der Waals surface area contributed by atoms with Crippen molar-refractivity contribution in [3.05, 3.63) is 64.2 Å². The van der Waals surface area contributed by atoms with Crippen LogP contribution < -0.4 is 11.1 Å². The number of nitro benzene ring substituents is 1. The Morgan fingerprint density at radius 2 is 1.95 bits per heavy atom. The number of amides is 1. The molecule has 1 amide bonds. The van der Waals surface area contributed by atoms with Gasteiger partial charge in [0.15, 0.2) is 0 Å². The van der Waals surface area contributed by atoms with Crippen LogP contribution in [0.1, 0.15) is 5.56 Å². The Balaban J connectivity index is 2.07. The molecule has 6 heteroatoms. The summed E-state index contributed by atoms with van der Waals surface area (Å²) in [5, 5.41) is 13.3. The van der Waals surface area contributed by atoms with E-state index in [1.54, 1.807) is 36.4 Å². The highest BCUT2D eigenvalue weighted by Crippen LogP contribution is 2.18. The lowest BCUT2D eigenvalue weighted by molar-refractivity contribution is -0.384. The number of nitrogen functional groups attached to an aromatic ring is 1. The van der Waals surface area contributed by atoms with Gasteiger partial charge in [-0.1, -0.05) is 24.3 Å². The largest absolute Gasteiger partial charge is 0.397 e. The molecule has 0 radical (unpaired) electrons. The zero-order valence-corrected chi connectivity index (χ0v) is 10.6. The van der Waals surface area contributed by atoms with Gasteiger partial charge >= 0.3 is 0 Å². The molecular weight excluding hydrogens is 258 g/mol. The summed E-state index contributed by atoms with van der Waals surface area (Å²) in [6.45, 7) is 0. The molecule has 0 spiro atoms. The molecule has 0 unspecified atom stereocenters. The van der Waals surface area contributed by atoms with Crippen LogP contribution in [-0.4, -0.2) is 10.8 Å². The fourth-order valence-corrected chi connectivity index (χ4v) is 1.77. The number of benzene rings is 2. The second-order valence-electron chi connectivity index (χ2n) is 4.24. The van der Waals surface area contributed by atoms with E-state index in [0.717, 1.165) is 0 Å². The molecule has 2 aromatic carbocycles. The zero-order valence-electron chi connectivity index (χ0n) is 10.6. The predicted molar refractivity (Wildman–Crippen MR) is 76.3 cm³/mol. The van der Waals surface area contributed by atoms with E-state index in [-0.39, 0.29) is 18.0 Å². The fourth-order valence-electron chi connectivity index (χ4n) is 1.77. The molecule has 0 aliphatic carbocycles. The smallest absolute Gasteiger partial charge is 0.269 e. The van der Waals surface area contributed by atoms with Gasteiger partial charge in [0.1, 0.15) is 0 Å². The Morgan fingerprint density at radius 1 is 1.20 bits per heavy atom. The van der Waals surface area contributed by atoms with Crippen LogP contribution in [0.15, 0.2) is 48.5 Å². The summed E-state index contributed by atoms with van der Waals surface area (Å²) in [5.74, 6) is -0.275. The van der Waals surface area contributed by atoms with Gasteiger partial charge in [-0.2, -0.15) is 0 Å².